The lowest BCUT2D eigenvalue weighted by Gasteiger charge is -2.29. The second-order valence-electron chi connectivity index (χ2n) is 3.50. The van der Waals surface area contributed by atoms with Crippen LogP contribution < -0.4 is 4.90 Å². The molecule has 0 aliphatic carbocycles. The molecule has 1 aliphatic heterocycles. The van der Waals surface area contributed by atoms with Gasteiger partial charge in [0.05, 0.1) is 18.0 Å². The molecule has 1 saturated heterocycles. The molecule has 1 aliphatic rings. The number of piperidine rings is 1. The van der Waals surface area contributed by atoms with Crippen molar-refractivity contribution in [3.63, 3.8) is 0 Å². The van der Waals surface area contributed by atoms with Crippen LogP contribution in [-0.4, -0.2) is 40.6 Å². The lowest BCUT2D eigenvalue weighted by Crippen LogP contribution is -2.36. The van der Waals surface area contributed by atoms with Crippen molar-refractivity contribution >= 4 is 12.2 Å². The maximum atomic E-state index is 10.4. The Morgan fingerprint density at radius 1 is 1.57 bits per heavy atom. The van der Waals surface area contributed by atoms with Crippen molar-refractivity contribution in [1.29, 1.82) is 0 Å². The fourth-order valence-electron chi connectivity index (χ4n) is 1.62. The summed E-state index contributed by atoms with van der Waals surface area (Å²) in [6.45, 7) is 1.57. The topological polar surface area (TPSA) is 69.2 Å². The number of aliphatic hydroxyl groups excluding tert-OH is 1. The number of aromatic amines is 1. The zero-order chi connectivity index (χ0) is 9.97. The van der Waals surface area contributed by atoms with E-state index in [9.17, 15) is 9.90 Å². The van der Waals surface area contributed by atoms with Crippen LogP contribution in [0.15, 0.2) is 6.20 Å². The molecule has 0 unspecified atom stereocenters. The van der Waals surface area contributed by atoms with Crippen LogP contribution in [0.1, 0.15) is 23.3 Å². The highest BCUT2D eigenvalue weighted by molar-refractivity contribution is 5.72. The second kappa shape index (κ2) is 3.79. The Kier molecular flexibility index (Phi) is 2.49. The third kappa shape index (κ3) is 1.77. The van der Waals surface area contributed by atoms with Crippen molar-refractivity contribution in [2.24, 2.45) is 0 Å². The zero-order valence-electron chi connectivity index (χ0n) is 7.81. The Balaban J connectivity index is 2.04. The molecule has 5 nitrogen and oxygen atoms in total. The summed E-state index contributed by atoms with van der Waals surface area (Å²) in [5.41, 5.74) is 0.492. The molecule has 0 spiro atoms. The monoisotopic (exact) mass is 195 g/mol. The van der Waals surface area contributed by atoms with Gasteiger partial charge in [0, 0.05) is 13.1 Å². The maximum Gasteiger partial charge on any atom is 0.203 e. The van der Waals surface area contributed by atoms with Crippen LogP contribution in [0.3, 0.4) is 0 Å². The first-order valence-corrected chi connectivity index (χ1v) is 4.73. The summed E-state index contributed by atoms with van der Waals surface area (Å²) < 4.78 is 0. The Labute approximate surface area is 81.8 Å². The van der Waals surface area contributed by atoms with Gasteiger partial charge in [0.2, 0.25) is 5.95 Å². The minimum atomic E-state index is -0.188. The van der Waals surface area contributed by atoms with E-state index in [4.69, 9.17) is 0 Å². The van der Waals surface area contributed by atoms with Crippen molar-refractivity contribution < 1.29 is 9.90 Å². The SMILES string of the molecule is O=Cc1cnc(N2CCC(O)CC2)[nH]1. The van der Waals surface area contributed by atoms with Crippen LogP contribution in [0.25, 0.3) is 0 Å². The maximum absolute atomic E-state index is 10.4. The molecular formula is C9H13N3O2. The van der Waals surface area contributed by atoms with Crippen molar-refractivity contribution in [3.8, 4) is 0 Å². The minimum absolute atomic E-state index is 0.188. The first kappa shape index (κ1) is 9.21. The lowest BCUT2D eigenvalue weighted by atomic mass is 10.1. The van der Waals surface area contributed by atoms with Crippen molar-refractivity contribution in [1.82, 2.24) is 9.97 Å². The van der Waals surface area contributed by atoms with Crippen molar-refractivity contribution in [3.05, 3.63) is 11.9 Å². The second-order valence-corrected chi connectivity index (χ2v) is 3.50. The number of rotatable bonds is 2. The van der Waals surface area contributed by atoms with E-state index >= 15 is 0 Å². The van der Waals surface area contributed by atoms with Gasteiger partial charge in [-0.3, -0.25) is 4.79 Å². The standard InChI is InChI=1S/C9H13N3O2/c13-6-7-5-10-9(11-7)12-3-1-8(14)2-4-12/h5-6,8,14H,1-4H2,(H,10,11). The molecule has 0 bridgehead atoms. The summed E-state index contributed by atoms with van der Waals surface area (Å²) in [6, 6.07) is 0. The number of imidazole rings is 1. The van der Waals surface area contributed by atoms with Crippen LogP contribution in [-0.2, 0) is 0 Å². The molecule has 0 amide bonds. The molecule has 1 aromatic rings. The van der Waals surface area contributed by atoms with Crippen LogP contribution in [0.5, 0.6) is 0 Å². The lowest BCUT2D eigenvalue weighted by molar-refractivity contribution is 0.111. The van der Waals surface area contributed by atoms with Crippen LogP contribution in [0, 0.1) is 0 Å². The highest BCUT2D eigenvalue weighted by Crippen LogP contribution is 2.16. The number of aldehydes is 1. The van der Waals surface area contributed by atoms with E-state index < -0.39 is 0 Å². The average Bonchev–Trinajstić information content (AvgIpc) is 2.67. The van der Waals surface area contributed by atoms with E-state index in [1.165, 1.54) is 6.20 Å². The molecule has 1 fully saturated rings. The fraction of sp³-hybridized carbons (Fsp3) is 0.556. The molecule has 76 valence electrons. The number of hydrogen-bond acceptors (Lipinski definition) is 4. The average molecular weight is 195 g/mol. The van der Waals surface area contributed by atoms with Crippen LogP contribution in [0.2, 0.25) is 0 Å². The van der Waals surface area contributed by atoms with Gasteiger partial charge in [-0.05, 0) is 12.8 Å². The summed E-state index contributed by atoms with van der Waals surface area (Å²) in [5.74, 6) is 0.721. The molecule has 1 aromatic heterocycles. The van der Waals surface area contributed by atoms with Crippen LogP contribution in [0.4, 0.5) is 5.95 Å². The highest BCUT2D eigenvalue weighted by atomic mass is 16.3. The molecule has 2 N–H and O–H groups in total. The number of nitrogens with zero attached hydrogens (tertiary/aromatic N) is 2. The minimum Gasteiger partial charge on any atom is -0.393 e. The van der Waals surface area contributed by atoms with Gasteiger partial charge < -0.3 is 15.0 Å². The Hall–Kier alpha value is -1.36. The molecular weight excluding hydrogens is 182 g/mol. The van der Waals surface area contributed by atoms with Gasteiger partial charge in [-0.15, -0.1) is 0 Å². The number of carbonyl (C=O) groups is 1. The van der Waals surface area contributed by atoms with E-state index in [-0.39, 0.29) is 6.10 Å². The molecule has 2 rings (SSSR count). The van der Waals surface area contributed by atoms with Gasteiger partial charge in [-0.1, -0.05) is 0 Å². The third-order valence-electron chi connectivity index (χ3n) is 2.47. The number of hydrogen-bond donors (Lipinski definition) is 2. The van der Waals surface area contributed by atoms with Gasteiger partial charge in [0.25, 0.3) is 0 Å². The molecule has 5 heteroatoms. The smallest absolute Gasteiger partial charge is 0.203 e. The third-order valence-corrected chi connectivity index (χ3v) is 2.47. The van der Waals surface area contributed by atoms with Gasteiger partial charge in [-0.2, -0.15) is 0 Å². The van der Waals surface area contributed by atoms with E-state index in [0.29, 0.717) is 5.69 Å². The predicted molar refractivity (Wildman–Crippen MR) is 51.4 cm³/mol. The summed E-state index contributed by atoms with van der Waals surface area (Å²) in [4.78, 5) is 19.5. The summed E-state index contributed by atoms with van der Waals surface area (Å²) in [7, 11) is 0. The molecule has 2 heterocycles. The quantitative estimate of drug-likeness (QED) is 0.661. The number of anilines is 1. The summed E-state index contributed by atoms with van der Waals surface area (Å²) in [5, 5.41) is 9.31. The van der Waals surface area contributed by atoms with E-state index in [2.05, 4.69) is 9.97 Å². The molecule has 14 heavy (non-hydrogen) atoms. The van der Waals surface area contributed by atoms with E-state index in [1.807, 2.05) is 4.90 Å². The Morgan fingerprint density at radius 2 is 2.29 bits per heavy atom. The first-order chi connectivity index (χ1) is 6.79. The molecule has 0 radical (unpaired) electrons. The Morgan fingerprint density at radius 3 is 2.86 bits per heavy atom. The van der Waals surface area contributed by atoms with Gasteiger partial charge in [0.15, 0.2) is 6.29 Å². The summed E-state index contributed by atoms with van der Waals surface area (Å²) in [6.07, 6.45) is 3.60. The van der Waals surface area contributed by atoms with Crippen LogP contribution >= 0.6 is 0 Å². The zero-order valence-corrected chi connectivity index (χ0v) is 7.81. The normalized spacial score (nSPS) is 18.5. The van der Waals surface area contributed by atoms with Crippen molar-refractivity contribution in [2.45, 2.75) is 18.9 Å². The predicted octanol–water partition coefficient (Wildman–Crippen LogP) is 0.183. The molecule has 0 aromatic carbocycles. The number of H-pyrrole nitrogens is 1. The number of aliphatic hydroxyl groups is 1. The Bertz CT molecular complexity index is 316. The molecule has 0 saturated carbocycles. The number of aromatic nitrogens is 2. The van der Waals surface area contributed by atoms with E-state index in [1.54, 1.807) is 0 Å². The number of nitrogens with one attached hydrogen (secondary N) is 1. The summed E-state index contributed by atoms with van der Waals surface area (Å²) >= 11 is 0. The first-order valence-electron chi connectivity index (χ1n) is 4.73. The van der Waals surface area contributed by atoms with Gasteiger partial charge >= 0.3 is 0 Å². The largest absolute Gasteiger partial charge is 0.393 e. The van der Waals surface area contributed by atoms with Gasteiger partial charge in [0.1, 0.15) is 0 Å². The fourth-order valence-corrected chi connectivity index (χ4v) is 1.62. The molecule has 0 atom stereocenters. The highest BCUT2D eigenvalue weighted by Gasteiger charge is 2.18. The van der Waals surface area contributed by atoms with Crippen molar-refractivity contribution in [2.75, 3.05) is 18.0 Å². The number of carbonyl (C=O) groups excluding carboxylic acids is 1. The van der Waals surface area contributed by atoms with Gasteiger partial charge in [-0.25, -0.2) is 4.98 Å². The van der Waals surface area contributed by atoms with E-state index in [0.717, 1.165) is 38.2 Å².